The lowest BCUT2D eigenvalue weighted by Gasteiger charge is -2.11. The third-order valence-corrected chi connectivity index (χ3v) is 6.49. The number of non-ortho nitro benzene ring substituents is 1. The number of nitrogens with one attached hydrogen (secondary N) is 2. The topological polar surface area (TPSA) is 128 Å². The Morgan fingerprint density at radius 1 is 1.08 bits per heavy atom. The Balaban J connectivity index is 1.42. The van der Waals surface area contributed by atoms with Crippen LogP contribution in [0, 0.1) is 10.1 Å². The van der Waals surface area contributed by atoms with Gasteiger partial charge in [0.25, 0.3) is 5.69 Å². The monoisotopic (exact) mass is 514 g/mol. The fourth-order valence-electron chi connectivity index (χ4n) is 3.88. The van der Waals surface area contributed by atoms with E-state index in [4.69, 9.17) is 4.74 Å². The molecule has 3 aromatic carbocycles. The first-order valence-electron chi connectivity index (χ1n) is 11.5. The summed E-state index contributed by atoms with van der Waals surface area (Å²) in [5, 5.41) is 24.0. The molecule has 2 aromatic heterocycles. The number of amides is 1. The first-order chi connectivity index (χ1) is 18.0. The van der Waals surface area contributed by atoms with Gasteiger partial charge in [0.15, 0.2) is 11.0 Å². The van der Waals surface area contributed by atoms with Crippen LogP contribution in [-0.4, -0.2) is 42.9 Å². The number of carbonyl (C=O) groups excluding carboxylic acids is 1. The van der Waals surface area contributed by atoms with E-state index in [1.807, 2.05) is 66.2 Å². The maximum absolute atomic E-state index is 12.6. The summed E-state index contributed by atoms with van der Waals surface area (Å²) < 4.78 is 7.50. The molecule has 0 unspecified atom stereocenters. The molecular weight excluding hydrogens is 492 g/mol. The normalized spacial score (nSPS) is 10.9. The molecule has 5 aromatic rings. The van der Waals surface area contributed by atoms with Gasteiger partial charge in [-0.3, -0.25) is 19.5 Å². The lowest BCUT2D eigenvalue weighted by Crippen LogP contribution is -2.14. The smallest absolute Gasteiger partial charge is 0.269 e. The van der Waals surface area contributed by atoms with Gasteiger partial charge in [-0.25, -0.2) is 0 Å². The second-order valence-electron chi connectivity index (χ2n) is 7.96. The van der Waals surface area contributed by atoms with Crippen molar-refractivity contribution in [2.45, 2.75) is 12.1 Å². The number of hydrogen-bond acceptors (Lipinski definition) is 7. The first kappa shape index (κ1) is 24.1. The molecule has 186 valence electrons. The number of aromatic nitrogens is 4. The van der Waals surface area contributed by atoms with Crippen LogP contribution in [0.1, 0.15) is 6.92 Å². The molecule has 0 fully saturated rings. The number of nitro benzene ring substituents is 1. The fourth-order valence-corrected chi connectivity index (χ4v) is 4.63. The number of aromatic amines is 1. The number of para-hydroxylation sites is 1. The molecule has 0 radical (unpaired) electrons. The molecule has 10 nitrogen and oxygen atoms in total. The average Bonchev–Trinajstić information content (AvgIpc) is 3.52. The SMILES string of the molecule is CCOc1ccc(-n2c(SCC(=O)Nc3ccc([N+](=O)[O-])cc3)nnc2-c2c[nH]c3ccccc23)cc1. The molecule has 1 amide bonds. The van der Waals surface area contributed by atoms with Gasteiger partial charge in [0.05, 0.1) is 17.3 Å². The summed E-state index contributed by atoms with van der Waals surface area (Å²) >= 11 is 1.24. The number of H-pyrrole nitrogens is 1. The number of thioether (sulfide) groups is 1. The van der Waals surface area contributed by atoms with Gasteiger partial charge in [0, 0.05) is 46.2 Å². The Morgan fingerprint density at radius 2 is 1.84 bits per heavy atom. The van der Waals surface area contributed by atoms with Crippen molar-refractivity contribution in [1.29, 1.82) is 0 Å². The Kier molecular flexibility index (Phi) is 6.86. The minimum absolute atomic E-state index is 0.0411. The lowest BCUT2D eigenvalue weighted by atomic mass is 10.1. The van der Waals surface area contributed by atoms with Crippen LogP contribution in [0.4, 0.5) is 11.4 Å². The number of carbonyl (C=O) groups is 1. The molecular formula is C26H22N6O4S. The Bertz CT molecular complexity index is 1560. The van der Waals surface area contributed by atoms with E-state index in [9.17, 15) is 14.9 Å². The van der Waals surface area contributed by atoms with E-state index in [1.54, 1.807) is 0 Å². The number of hydrogen-bond donors (Lipinski definition) is 2. The molecule has 0 aliphatic rings. The summed E-state index contributed by atoms with van der Waals surface area (Å²) in [5.74, 6) is 1.19. The number of fused-ring (bicyclic) bond motifs is 1. The molecule has 5 rings (SSSR count). The van der Waals surface area contributed by atoms with E-state index < -0.39 is 4.92 Å². The van der Waals surface area contributed by atoms with E-state index in [1.165, 1.54) is 36.0 Å². The predicted octanol–water partition coefficient (Wildman–Crippen LogP) is 5.45. The molecule has 11 heteroatoms. The highest BCUT2D eigenvalue weighted by atomic mass is 32.2. The van der Waals surface area contributed by atoms with Gasteiger partial charge in [-0.15, -0.1) is 10.2 Å². The van der Waals surface area contributed by atoms with Crippen molar-refractivity contribution in [2.24, 2.45) is 0 Å². The minimum atomic E-state index is -0.486. The van der Waals surface area contributed by atoms with Crippen LogP contribution in [0.2, 0.25) is 0 Å². The van der Waals surface area contributed by atoms with E-state index in [0.29, 0.717) is 23.3 Å². The van der Waals surface area contributed by atoms with Gasteiger partial charge in [-0.1, -0.05) is 30.0 Å². The van der Waals surface area contributed by atoms with Crippen LogP contribution >= 0.6 is 11.8 Å². The standard InChI is InChI=1S/C26H22N6O4S/c1-2-36-20-13-11-18(12-14-20)31-25(22-15-27-23-6-4-3-5-21(22)23)29-30-26(31)37-16-24(33)28-17-7-9-19(10-8-17)32(34)35/h3-15,27H,2,16H2,1H3,(H,28,33). The van der Waals surface area contributed by atoms with Gasteiger partial charge in [-0.2, -0.15) is 0 Å². The highest BCUT2D eigenvalue weighted by Crippen LogP contribution is 2.33. The molecule has 0 aliphatic carbocycles. The molecule has 0 atom stereocenters. The van der Waals surface area contributed by atoms with Gasteiger partial charge in [0.2, 0.25) is 5.91 Å². The highest BCUT2D eigenvalue weighted by molar-refractivity contribution is 7.99. The zero-order valence-electron chi connectivity index (χ0n) is 19.7. The second kappa shape index (κ2) is 10.5. The van der Waals surface area contributed by atoms with Gasteiger partial charge in [0.1, 0.15) is 5.75 Å². The maximum atomic E-state index is 12.6. The number of benzene rings is 3. The van der Waals surface area contributed by atoms with Crippen LogP contribution < -0.4 is 10.1 Å². The highest BCUT2D eigenvalue weighted by Gasteiger charge is 2.20. The van der Waals surface area contributed by atoms with Crippen molar-refractivity contribution < 1.29 is 14.5 Å². The molecule has 0 spiro atoms. The molecule has 0 aliphatic heterocycles. The molecule has 2 heterocycles. The molecule has 37 heavy (non-hydrogen) atoms. The summed E-state index contributed by atoms with van der Waals surface area (Å²) in [6, 6.07) is 21.2. The van der Waals surface area contributed by atoms with Crippen molar-refractivity contribution in [2.75, 3.05) is 17.7 Å². The molecule has 0 saturated heterocycles. The van der Waals surface area contributed by atoms with Crippen molar-refractivity contribution >= 4 is 39.9 Å². The summed E-state index contributed by atoms with van der Waals surface area (Å²) in [5.41, 5.74) is 3.13. The second-order valence-corrected chi connectivity index (χ2v) is 8.90. The third kappa shape index (κ3) is 5.16. The third-order valence-electron chi connectivity index (χ3n) is 5.56. The molecule has 2 N–H and O–H groups in total. The number of nitrogens with zero attached hydrogens (tertiary/aromatic N) is 4. The van der Waals surface area contributed by atoms with E-state index in [-0.39, 0.29) is 17.3 Å². The summed E-state index contributed by atoms with van der Waals surface area (Å²) in [7, 11) is 0. The van der Waals surface area contributed by atoms with Gasteiger partial charge >= 0.3 is 0 Å². The maximum Gasteiger partial charge on any atom is 0.269 e. The molecule has 0 bridgehead atoms. The number of anilines is 1. The van der Waals surface area contributed by atoms with Crippen LogP contribution in [0.15, 0.2) is 84.1 Å². The number of rotatable bonds is 9. The quantitative estimate of drug-likeness (QED) is 0.152. The summed E-state index contributed by atoms with van der Waals surface area (Å²) in [4.78, 5) is 26.3. The lowest BCUT2D eigenvalue weighted by molar-refractivity contribution is -0.384. The van der Waals surface area contributed by atoms with E-state index in [0.717, 1.165) is 27.9 Å². The Morgan fingerprint density at radius 3 is 2.57 bits per heavy atom. The van der Waals surface area contributed by atoms with Crippen LogP contribution in [0.5, 0.6) is 5.75 Å². The largest absolute Gasteiger partial charge is 0.494 e. The molecule has 0 saturated carbocycles. The van der Waals surface area contributed by atoms with E-state index >= 15 is 0 Å². The van der Waals surface area contributed by atoms with Crippen molar-refractivity contribution in [1.82, 2.24) is 19.7 Å². The van der Waals surface area contributed by atoms with Gasteiger partial charge in [-0.05, 0) is 49.4 Å². The first-order valence-corrected chi connectivity index (χ1v) is 12.4. The van der Waals surface area contributed by atoms with Crippen molar-refractivity contribution in [3.63, 3.8) is 0 Å². The summed E-state index contributed by atoms with van der Waals surface area (Å²) in [6.07, 6.45) is 1.90. The zero-order valence-corrected chi connectivity index (χ0v) is 20.6. The predicted molar refractivity (Wildman–Crippen MR) is 142 cm³/mol. The van der Waals surface area contributed by atoms with Crippen LogP contribution in [0.25, 0.3) is 28.0 Å². The van der Waals surface area contributed by atoms with Crippen LogP contribution in [-0.2, 0) is 4.79 Å². The van der Waals surface area contributed by atoms with Crippen LogP contribution in [0.3, 0.4) is 0 Å². The minimum Gasteiger partial charge on any atom is -0.494 e. The number of ether oxygens (including phenoxy) is 1. The fraction of sp³-hybridized carbons (Fsp3) is 0.115. The zero-order chi connectivity index (χ0) is 25.8. The van der Waals surface area contributed by atoms with E-state index in [2.05, 4.69) is 20.5 Å². The van der Waals surface area contributed by atoms with Crippen molar-refractivity contribution in [3.8, 4) is 22.8 Å². The Labute approximate surface area is 215 Å². The van der Waals surface area contributed by atoms with Gasteiger partial charge < -0.3 is 15.0 Å². The van der Waals surface area contributed by atoms with Crippen molar-refractivity contribution in [3.05, 3.63) is 89.1 Å². The number of nitro groups is 1. The summed E-state index contributed by atoms with van der Waals surface area (Å²) in [6.45, 7) is 2.50. The Hall–Kier alpha value is -4.64. The average molecular weight is 515 g/mol.